The van der Waals surface area contributed by atoms with Gasteiger partial charge in [0.1, 0.15) is 5.69 Å². The fourth-order valence-corrected chi connectivity index (χ4v) is 1.77. The maximum atomic E-state index is 11.4. The summed E-state index contributed by atoms with van der Waals surface area (Å²) in [5.41, 5.74) is -3.32. The third-order valence-electron chi connectivity index (χ3n) is 2.69. The summed E-state index contributed by atoms with van der Waals surface area (Å²) in [4.78, 5) is 46.6. The standard InChI is InChI=1S/C12H8N4O6/c17-11-10(16(21)22)8(13-12(18)14-11)6-5-7-3-1-2-4-9(7)15(19)20/h1-6H,(H2,13,14,17,18). The van der Waals surface area contributed by atoms with Crippen LogP contribution in [-0.2, 0) is 0 Å². The number of aromatic nitrogens is 2. The van der Waals surface area contributed by atoms with Gasteiger partial charge >= 0.3 is 16.9 Å². The highest BCUT2D eigenvalue weighted by molar-refractivity contribution is 5.75. The Hall–Kier alpha value is -3.56. The minimum absolute atomic E-state index is 0.169. The molecule has 22 heavy (non-hydrogen) atoms. The lowest BCUT2D eigenvalue weighted by atomic mass is 10.1. The van der Waals surface area contributed by atoms with Crippen LogP contribution in [0.3, 0.4) is 0 Å². The van der Waals surface area contributed by atoms with Crippen molar-refractivity contribution in [2.45, 2.75) is 0 Å². The second-order valence-electron chi connectivity index (χ2n) is 4.08. The Morgan fingerprint density at radius 2 is 1.64 bits per heavy atom. The van der Waals surface area contributed by atoms with Crippen molar-refractivity contribution < 1.29 is 9.85 Å². The van der Waals surface area contributed by atoms with Gasteiger partial charge in [0.25, 0.3) is 5.69 Å². The first-order valence-corrected chi connectivity index (χ1v) is 5.82. The summed E-state index contributed by atoms with van der Waals surface area (Å²) < 4.78 is 0. The van der Waals surface area contributed by atoms with E-state index in [1.165, 1.54) is 24.3 Å². The van der Waals surface area contributed by atoms with Gasteiger partial charge in [0.05, 0.1) is 15.4 Å². The Morgan fingerprint density at radius 1 is 0.955 bits per heavy atom. The number of nitrogens with zero attached hydrogens (tertiary/aromatic N) is 2. The average molecular weight is 304 g/mol. The molecule has 10 heteroatoms. The first kappa shape index (κ1) is 14.8. The summed E-state index contributed by atoms with van der Waals surface area (Å²) in [7, 11) is 0. The number of nitro groups is 2. The van der Waals surface area contributed by atoms with E-state index in [1.807, 2.05) is 0 Å². The molecule has 0 spiro atoms. The Labute approximate surface area is 121 Å². The molecule has 1 aromatic heterocycles. The highest BCUT2D eigenvalue weighted by atomic mass is 16.6. The van der Waals surface area contributed by atoms with E-state index in [9.17, 15) is 29.8 Å². The third-order valence-corrected chi connectivity index (χ3v) is 2.69. The number of nitrogens with one attached hydrogen (secondary N) is 2. The predicted molar refractivity (Wildman–Crippen MR) is 76.4 cm³/mol. The predicted octanol–water partition coefficient (Wildman–Crippen LogP) is 1.05. The maximum Gasteiger partial charge on any atom is 0.357 e. The van der Waals surface area contributed by atoms with Crippen molar-refractivity contribution in [3.8, 4) is 0 Å². The second-order valence-corrected chi connectivity index (χ2v) is 4.08. The molecule has 0 unspecified atom stereocenters. The highest BCUT2D eigenvalue weighted by Crippen LogP contribution is 2.21. The van der Waals surface area contributed by atoms with Crippen molar-refractivity contribution >= 4 is 23.5 Å². The zero-order valence-corrected chi connectivity index (χ0v) is 10.8. The lowest BCUT2D eigenvalue weighted by molar-refractivity contribution is -0.386. The van der Waals surface area contributed by atoms with Crippen molar-refractivity contribution in [3.63, 3.8) is 0 Å². The van der Waals surface area contributed by atoms with Crippen LogP contribution in [0.4, 0.5) is 11.4 Å². The van der Waals surface area contributed by atoms with Crippen LogP contribution in [0.5, 0.6) is 0 Å². The largest absolute Gasteiger partial charge is 0.357 e. The van der Waals surface area contributed by atoms with Crippen molar-refractivity contribution in [1.82, 2.24) is 9.97 Å². The fraction of sp³-hybridized carbons (Fsp3) is 0. The average Bonchev–Trinajstić information content (AvgIpc) is 2.44. The maximum absolute atomic E-state index is 11.4. The van der Waals surface area contributed by atoms with E-state index in [0.717, 1.165) is 6.08 Å². The molecule has 0 atom stereocenters. The molecule has 2 aromatic rings. The van der Waals surface area contributed by atoms with Crippen LogP contribution in [0.2, 0.25) is 0 Å². The number of nitro benzene ring substituents is 1. The zero-order chi connectivity index (χ0) is 16.3. The molecule has 112 valence electrons. The van der Waals surface area contributed by atoms with E-state index < -0.39 is 26.8 Å². The van der Waals surface area contributed by atoms with Gasteiger partial charge < -0.3 is 4.98 Å². The molecule has 0 amide bonds. The van der Waals surface area contributed by atoms with E-state index >= 15 is 0 Å². The molecule has 0 aliphatic heterocycles. The summed E-state index contributed by atoms with van der Waals surface area (Å²) in [5.74, 6) is 0. The minimum atomic E-state index is -1.16. The van der Waals surface area contributed by atoms with Crippen molar-refractivity contribution in [1.29, 1.82) is 0 Å². The van der Waals surface area contributed by atoms with Crippen LogP contribution in [0.25, 0.3) is 12.2 Å². The Balaban J connectivity index is 2.57. The summed E-state index contributed by atoms with van der Waals surface area (Å²) in [6.07, 6.45) is 2.27. The minimum Gasteiger partial charge on any atom is -0.301 e. The van der Waals surface area contributed by atoms with E-state index in [1.54, 1.807) is 11.1 Å². The van der Waals surface area contributed by atoms with Crippen molar-refractivity contribution in [2.24, 2.45) is 0 Å². The first-order valence-electron chi connectivity index (χ1n) is 5.82. The molecule has 0 bridgehead atoms. The number of benzene rings is 1. The van der Waals surface area contributed by atoms with Gasteiger partial charge in [-0.1, -0.05) is 12.1 Å². The number of H-pyrrole nitrogens is 2. The quantitative estimate of drug-likeness (QED) is 0.636. The van der Waals surface area contributed by atoms with Gasteiger partial charge in [-0.3, -0.25) is 30.0 Å². The Kier molecular flexibility index (Phi) is 3.93. The number of para-hydroxylation sites is 1. The zero-order valence-electron chi connectivity index (χ0n) is 10.8. The van der Waals surface area contributed by atoms with Gasteiger partial charge in [-0.2, -0.15) is 0 Å². The van der Waals surface area contributed by atoms with E-state index in [-0.39, 0.29) is 16.9 Å². The lowest BCUT2D eigenvalue weighted by Gasteiger charge is -1.98. The van der Waals surface area contributed by atoms with Gasteiger partial charge in [0.15, 0.2) is 0 Å². The van der Waals surface area contributed by atoms with Gasteiger partial charge in [0, 0.05) is 6.07 Å². The summed E-state index contributed by atoms with van der Waals surface area (Å²) >= 11 is 0. The topological polar surface area (TPSA) is 152 Å². The molecule has 0 saturated carbocycles. The smallest absolute Gasteiger partial charge is 0.301 e. The molecule has 10 nitrogen and oxygen atoms in total. The number of rotatable bonds is 4. The SMILES string of the molecule is O=c1[nH]c(C=Cc2ccccc2[N+](=O)[O-])c([N+](=O)[O-])c(=O)[nH]1. The van der Waals surface area contributed by atoms with Crippen molar-refractivity contribution in [3.05, 3.63) is 76.6 Å². The van der Waals surface area contributed by atoms with Crippen LogP contribution in [0.1, 0.15) is 11.3 Å². The highest BCUT2D eigenvalue weighted by Gasteiger charge is 2.19. The van der Waals surface area contributed by atoms with Gasteiger partial charge in [0.2, 0.25) is 0 Å². The monoisotopic (exact) mass is 304 g/mol. The van der Waals surface area contributed by atoms with E-state index in [0.29, 0.717) is 0 Å². The summed E-state index contributed by atoms with van der Waals surface area (Å²) in [6.45, 7) is 0. The molecule has 0 aliphatic rings. The molecule has 2 rings (SSSR count). The Morgan fingerprint density at radius 3 is 2.27 bits per heavy atom. The van der Waals surface area contributed by atoms with Crippen LogP contribution in [0, 0.1) is 20.2 Å². The molecule has 1 aromatic carbocycles. The van der Waals surface area contributed by atoms with Gasteiger partial charge in [-0.25, -0.2) is 4.79 Å². The Bertz CT molecular complexity index is 895. The van der Waals surface area contributed by atoms with Crippen molar-refractivity contribution in [2.75, 3.05) is 0 Å². The number of hydrogen-bond donors (Lipinski definition) is 2. The molecule has 0 saturated heterocycles. The van der Waals surface area contributed by atoms with E-state index in [2.05, 4.69) is 4.98 Å². The van der Waals surface area contributed by atoms with E-state index in [4.69, 9.17) is 0 Å². The van der Waals surface area contributed by atoms with Crippen LogP contribution in [-0.4, -0.2) is 19.8 Å². The van der Waals surface area contributed by atoms with Gasteiger partial charge in [-0.05, 0) is 18.2 Å². The summed E-state index contributed by atoms with van der Waals surface area (Å²) in [5, 5.41) is 21.7. The molecule has 2 N–H and O–H groups in total. The van der Waals surface area contributed by atoms with Crippen LogP contribution < -0.4 is 11.2 Å². The first-order chi connectivity index (χ1) is 10.4. The molecule has 1 heterocycles. The normalized spacial score (nSPS) is 10.7. The molecular formula is C12H8N4O6. The molecule has 0 aliphatic carbocycles. The second kappa shape index (κ2) is 5.83. The number of hydrogen-bond acceptors (Lipinski definition) is 6. The molecule has 0 fully saturated rings. The van der Waals surface area contributed by atoms with Crippen LogP contribution >= 0.6 is 0 Å². The fourth-order valence-electron chi connectivity index (χ4n) is 1.77. The number of aromatic amines is 2. The van der Waals surface area contributed by atoms with Crippen LogP contribution in [0.15, 0.2) is 33.9 Å². The summed E-state index contributed by atoms with van der Waals surface area (Å²) in [6, 6.07) is 5.69. The third kappa shape index (κ3) is 2.95. The lowest BCUT2D eigenvalue weighted by Crippen LogP contribution is -2.25. The molecule has 0 radical (unpaired) electrons. The van der Waals surface area contributed by atoms with Gasteiger partial charge in [-0.15, -0.1) is 0 Å². The molecular weight excluding hydrogens is 296 g/mol.